The summed E-state index contributed by atoms with van der Waals surface area (Å²) >= 11 is 0. The van der Waals surface area contributed by atoms with Crippen molar-refractivity contribution in [3.05, 3.63) is 65.2 Å². The summed E-state index contributed by atoms with van der Waals surface area (Å²) in [6.45, 7) is 7.17. The Hall–Kier alpha value is -2.53. The van der Waals surface area contributed by atoms with E-state index in [0.717, 1.165) is 22.4 Å². The van der Waals surface area contributed by atoms with Crippen molar-refractivity contribution in [2.75, 3.05) is 6.54 Å². The van der Waals surface area contributed by atoms with Crippen molar-refractivity contribution < 1.29 is 14.3 Å². The fourth-order valence-electron chi connectivity index (χ4n) is 3.13. The van der Waals surface area contributed by atoms with Gasteiger partial charge in [-0.2, -0.15) is 0 Å². The van der Waals surface area contributed by atoms with E-state index in [1.54, 1.807) is 4.90 Å². The predicted molar refractivity (Wildman–Crippen MR) is 105 cm³/mol. The standard InChI is InChI=1S/C22H28N2O3/c1-22(2,3)27-21(25)24-12-11-20(23)19-10-9-18(13-17(19)14-24)26-15-16-7-5-4-6-8-16/h4-10,13,20H,11-12,14-15,23H2,1-3H3/t20-/m0/s1. The summed E-state index contributed by atoms with van der Waals surface area (Å²) < 4.78 is 11.5. The zero-order valence-electron chi connectivity index (χ0n) is 16.3. The SMILES string of the molecule is CC(C)(C)OC(=O)N1CC[C@H](N)c2ccc(OCc3ccccc3)cc2C1. The van der Waals surface area contributed by atoms with Gasteiger partial charge in [-0.3, -0.25) is 0 Å². The number of ether oxygens (including phenoxy) is 2. The van der Waals surface area contributed by atoms with Crippen LogP contribution < -0.4 is 10.5 Å². The number of hydrogen-bond acceptors (Lipinski definition) is 4. The maximum Gasteiger partial charge on any atom is 0.410 e. The van der Waals surface area contributed by atoms with Crippen LogP contribution in [0.5, 0.6) is 5.75 Å². The molecule has 144 valence electrons. The van der Waals surface area contributed by atoms with Gasteiger partial charge >= 0.3 is 6.09 Å². The molecule has 1 heterocycles. The summed E-state index contributed by atoms with van der Waals surface area (Å²) in [5, 5.41) is 0. The highest BCUT2D eigenvalue weighted by Gasteiger charge is 2.27. The second-order valence-corrected chi connectivity index (χ2v) is 7.93. The minimum Gasteiger partial charge on any atom is -0.489 e. The molecular formula is C22H28N2O3. The van der Waals surface area contributed by atoms with Crippen molar-refractivity contribution >= 4 is 6.09 Å². The summed E-state index contributed by atoms with van der Waals surface area (Å²) in [5.41, 5.74) is 9.00. The zero-order chi connectivity index (χ0) is 19.4. The number of amides is 1. The van der Waals surface area contributed by atoms with Crippen LogP contribution in [0.4, 0.5) is 4.79 Å². The van der Waals surface area contributed by atoms with Gasteiger partial charge in [-0.15, -0.1) is 0 Å². The third kappa shape index (κ3) is 5.23. The van der Waals surface area contributed by atoms with Crippen LogP contribution in [-0.2, 0) is 17.9 Å². The molecule has 0 aromatic heterocycles. The van der Waals surface area contributed by atoms with Crippen LogP contribution in [0.15, 0.2) is 48.5 Å². The molecular weight excluding hydrogens is 340 g/mol. The van der Waals surface area contributed by atoms with Crippen LogP contribution in [0.2, 0.25) is 0 Å². The van der Waals surface area contributed by atoms with Crippen molar-refractivity contribution in [3.8, 4) is 5.75 Å². The highest BCUT2D eigenvalue weighted by atomic mass is 16.6. The Kier molecular flexibility index (Phi) is 5.71. The van der Waals surface area contributed by atoms with Crippen molar-refractivity contribution in [3.63, 3.8) is 0 Å². The number of carbonyl (C=O) groups excluding carboxylic acids is 1. The Morgan fingerprint density at radius 2 is 1.93 bits per heavy atom. The maximum atomic E-state index is 12.5. The molecule has 2 N–H and O–H groups in total. The minimum atomic E-state index is -0.519. The van der Waals surface area contributed by atoms with Crippen LogP contribution in [0.25, 0.3) is 0 Å². The van der Waals surface area contributed by atoms with E-state index in [2.05, 4.69) is 0 Å². The molecule has 27 heavy (non-hydrogen) atoms. The van der Waals surface area contributed by atoms with Gasteiger partial charge in [0.1, 0.15) is 18.0 Å². The van der Waals surface area contributed by atoms with Gasteiger partial charge < -0.3 is 20.1 Å². The molecule has 1 amide bonds. The first-order valence-electron chi connectivity index (χ1n) is 9.35. The van der Waals surface area contributed by atoms with E-state index >= 15 is 0 Å². The van der Waals surface area contributed by atoms with Gasteiger partial charge in [0.05, 0.1) is 0 Å². The van der Waals surface area contributed by atoms with Crippen LogP contribution in [0, 0.1) is 0 Å². The molecule has 1 atom stereocenters. The van der Waals surface area contributed by atoms with Gasteiger partial charge in [0, 0.05) is 19.1 Å². The largest absolute Gasteiger partial charge is 0.489 e. The van der Waals surface area contributed by atoms with Gasteiger partial charge in [-0.05, 0) is 56.0 Å². The summed E-state index contributed by atoms with van der Waals surface area (Å²) in [7, 11) is 0. The number of hydrogen-bond donors (Lipinski definition) is 1. The highest BCUT2D eigenvalue weighted by molar-refractivity contribution is 5.68. The molecule has 0 aliphatic carbocycles. The number of benzene rings is 2. The summed E-state index contributed by atoms with van der Waals surface area (Å²) in [5.74, 6) is 0.774. The first-order chi connectivity index (χ1) is 12.8. The molecule has 1 aliphatic rings. The molecule has 0 bridgehead atoms. The highest BCUT2D eigenvalue weighted by Crippen LogP contribution is 2.29. The van der Waals surface area contributed by atoms with Crippen molar-refractivity contribution in [1.29, 1.82) is 0 Å². The molecule has 0 fully saturated rings. The van der Waals surface area contributed by atoms with Gasteiger partial charge in [-0.25, -0.2) is 4.79 Å². The third-order valence-corrected chi connectivity index (χ3v) is 4.49. The Morgan fingerprint density at radius 3 is 2.63 bits per heavy atom. The second-order valence-electron chi connectivity index (χ2n) is 7.93. The average Bonchev–Trinajstić information content (AvgIpc) is 2.78. The molecule has 0 saturated carbocycles. The lowest BCUT2D eigenvalue weighted by molar-refractivity contribution is 0.0235. The first-order valence-corrected chi connectivity index (χ1v) is 9.35. The Bertz CT molecular complexity index is 784. The van der Waals surface area contributed by atoms with Gasteiger partial charge in [0.25, 0.3) is 0 Å². The van der Waals surface area contributed by atoms with E-state index in [-0.39, 0.29) is 12.1 Å². The number of rotatable bonds is 3. The Balaban J connectivity index is 1.75. The molecule has 0 unspecified atom stereocenters. The molecule has 3 rings (SSSR count). The molecule has 1 aliphatic heterocycles. The summed E-state index contributed by atoms with van der Waals surface area (Å²) in [6, 6.07) is 15.9. The molecule has 0 saturated heterocycles. The van der Waals surface area contributed by atoms with E-state index in [1.165, 1.54) is 0 Å². The Morgan fingerprint density at radius 1 is 1.19 bits per heavy atom. The van der Waals surface area contributed by atoms with E-state index in [1.807, 2.05) is 69.3 Å². The van der Waals surface area contributed by atoms with E-state index < -0.39 is 5.60 Å². The van der Waals surface area contributed by atoms with Gasteiger partial charge in [0.2, 0.25) is 0 Å². The Labute approximate surface area is 161 Å². The van der Waals surface area contributed by atoms with Gasteiger partial charge in [0.15, 0.2) is 0 Å². The normalized spacial score (nSPS) is 17.0. The van der Waals surface area contributed by atoms with Crippen molar-refractivity contribution in [1.82, 2.24) is 4.90 Å². The lowest BCUT2D eigenvalue weighted by Gasteiger charge is -2.26. The molecule has 0 radical (unpaired) electrons. The monoisotopic (exact) mass is 368 g/mol. The second kappa shape index (κ2) is 8.01. The lowest BCUT2D eigenvalue weighted by Crippen LogP contribution is -2.36. The van der Waals surface area contributed by atoms with E-state index in [0.29, 0.717) is 26.1 Å². The van der Waals surface area contributed by atoms with Crippen molar-refractivity contribution in [2.24, 2.45) is 5.73 Å². The maximum absolute atomic E-state index is 12.5. The topological polar surface area (TPSA) is 64.8 Å². The molecule has 5 nitrogen and oxygen atoms in total. The van der Waals surface area contributed by atoms with Crippen LogP contribution in [-0.4, -0.2) is 23.1 Å². The summed E-state index contributed by atoms with van der Waals surface area (Å²) in [4.78, 5) is 14.2. The van der Waals surface area contributed by atoms with Crippen LogP contribution in [0.1, 0.15) is 49.9 Å². The summed E-state index contributed by atoms with van der Waals surface area (Å²) in [6.07, 6.45) is 0.398. The number of nitrogens with two attached hydrogens (primary N) is 1. The van der Waals surface area contributed by atoms with Crippen LogP contribution in [0.3, 0.4) is 0 Å². The fourth-order valence-corrected chi connectivity index (χ4v) is 3.13. The first kappa shape index (κ1) is 19.2. The predicted octanol–water partition coefficient (Wildman–Crippen LogP) is 4.41. The number of fused-ring (bicyclic) bond motifs is 1. The van der Waals surface area contributed by atoms with E-state index in [4.69, 9.17) is 15.2 Å². The molecule has 2 aromatic carbocycles. The smallest absolute Gasteiger partial charge is 0.410 e. The fraction of sp³-hybridized carbons (Fsp3) is 0.409. The molecule has 0 spiro atoms. The number of carbonyl (C=O) groups is 1. The average molecular weight is 368 g/mol. The van der Waals surface area contributed by atoms with Crippen molar-refractivity contribution in [2.45, 2.75) is 52.0 Å². The van der Waals surface area contributed by atoms with Crippen LogP contribution >= 0.6 is 0 Å². The third-order valence-electron chi connectivity index (χ3n) is 4.49. The van der Waals surface area contributed by atoms with Gasteiger partial charge in [-0.1, -0.05) is 36.4 Å². The quantitative estimate of drug-likeness (QED) is 0.872. The molecule has 5 heteroatoms. The number of nitrogens with zero attached hydrogens (tertiary/aromatic N) is 1. The van der Waals surface area contributed by atoms with E-state index in [9.17, 15) is 4.79 Å². The zero-order valence-corrected chi connectivity index (χ0v) is 16.3. The lowest BCUT2D eigenvalue weighted by atomic mass is 10.00. The minimum absolute atomic E-state index is 0.101. The molecule has 2 aromatic rings.